The first-order valence-corrected chi connectivity index (χ1v) is 8.47. The van der Waals surface area contributed by atoms with E-state index in [2.05, 4.69) is 5.32 Å². The molecule has 0 aromatic heterocycles. The van der Waals surface area contributed by atoms with Crippen LogP contribution in [0.3, 0.4) is 0 Å². The molecule has 0 bridgehead atoms. The predicted octanol–water partition coefficient (Wildman–Crippen LogP) is 2.30. The smallest absolute Gasteiger partial charge is 0.410 e. The van der Waals surface area contributed by atoms with Crippen LogP contribution in [0.15, 0.2) is 36.4 Å². The number of rotatable bonds is 8. The van der Waals surface area contributed by atoms with Crippen LogP contribution in [0.4, 0.5) is 4.79 Å². The first kappa shape index (κ1) is 18.9. The van der Waals surface area contributed by atoms with Crippen LogP contribution in [0.1, 0.15) is 31.2 Å². The average Bonchev–Trinajstić information content (AvgIpc) is 2.63. The van der Waals surface area contributed by atoms with Crippen LogP contribution < -0.4 is 21.5 Å². The number of hydrogen-bond donors (Lipinski definition) is 3. The summed E-state index contributed by atoms with van der Waals surface area (Å²) >= 11 is 0. The Labute approximate surface area is 147 Å². The highest BCUT2D eigenvalue weighted by Crippen LogP contribution is 2.26. The van der Waals surface area contributed by atoms with Crippen LogP contribution in [-0.2, 0) is 4.79 Å². The predicted molar refractivity (Wildman–Crippen MR) is 98.7 cm³/mol. The van der Waals surface area contributed by atoms with Crippen LogP contribution in [-0.4, -0.2) is 31.5 Å². The number of nitrogens with one attached hydrogen (secondary N) is 1. The Morgan fingerprint density at radius 2 is 1.80 bits per heavy atom. The van der Waals surface area contributed by atoms with Gasteiger partial charge in [0.15, 0.2) is 0 Å². The van der Waals surface area contributed by atoms with E-state index >= 15 is 0 Å². The number of ketones is 1. The topological polar surface area (TPSA) is 107 Å². The van der Waals surface area contributed by atoms with E-state index in [4.69, 9.17) is 16.2 Å². The number of fused-ring (bicyclic) bond motifs is 1. The van der Waals surface area contributed by atoms with Crippen molar-refractivity contribution in [3.63, 3.8) is 0 Å². The van der Waals surface area contributed by atoms with E-state index < -0.39 is 6.09 Å². The maximum absolute atomic E-state index is 12.2. The van der Waals surface area contributed by atoms with Crippen molar-refractivity contribution in [3.05, 3.63) is 42.0 Å². The van der Waals surface area contributed by atoms with Crippen molar-refractivity contribution in [2.75, 3.05) is 19.6 Å². The Morgan fingerprint density at radius 1 is 1.08 bits per heavy atom. The van der Waals surface area contributed by atoms with Gasteiger partial charge < -0.3 is 21.5 Å². The molecular formula is C19H25N3O3. The molecule has 0 unspecified atom stereocenters. The number of nitrogens with two attached hydrogens (primary N) is 2. The standard InChI is InChI=1S/C19H25N3O3/c1-13(18(23)3-2-8-20)14-4-5-16-12-17(7-6-15(16)11-14)25-19(24)22-10-9-21/h4-7,11-13H,2-3,8-10,20-21H2,1H3,(H,22,24)/t13-/m1/s1. The lowest BCUT2D eigenvalue weighted by atomic mass is 9.92. The van der Waals surface area contributed by atoms with Crippen LogP contribution in [0.2, 0.25) is 0 Å². The summed E-state index contributed by atoms with van der Waals surface area (Å²) in [6, 6.07) is 11.3. The quantitative estimate of drug-likeness (QED) is 0.682. The minimum Gasteiger partial charge on any atom is -0.410 e. The van der Waals surface area contributed by atoms with Gasteiger partial charge in [-0.3, -0.25) is 4.79 Å². The second kappa shape index (κ2) is 9.15. The van der Waals surface area contributed by atoms with Crippen molar-refractivity contribution in [1.82, 2.24) is 5.32 Å². The van der Waals surface area contributed by atoms with Crippen molar-refractivity contribution in [2.24, 2.45) is 11.5 Å². The van der Waals surface area contributed by atoms with Crippen molar-refractivity contribution in [2.45, 2.75) is 25.7 Å². The first-order valence-electron chi connectivity index (χ1n) is 8.47. The number of benzene rings is 2. The van der Waals surface area contributed by atoms with Gasteiger partial charge in [0, 0.05) is 25.4 Å². The number of carbonyl (C=O) groups excluding carboxylic acids is 2. The third-order valence-corrected chi connectivity index (χ3v) is 4.07. The van der Waals surface area contributed by atoms with Gasteiger partial charge in [-0.25, -0.2) is 4.79 Å². The summed E-state index contributed by atoms with van der Waals surface area (Å²) in [6.07, 6.45) is 0.685. The van der Waals surface area contributed by atoms with E-state index in [-0.39, 0.29) is 11.7 Å². The van der Waals surface area contributed by atoms with E-state index in [1.54, 1.807) is 12.1 Å². The fourth-order valence-electron chi connectivity index (χ4n) is 2.57. The molecule has 0 saturated carbocycles. The van der Waals surface area contributed by atoms with Gasteiger partial charge in [0.2, 0.25) is 0 Å². The zero-order valence-corrected chi connectivity index (χ0v) is 14.5. The Kier molecular flexibility index (Phi) is 6.91. The molecule has 0 saturated heterocycles. The average molecular weight is 343 g/mol. The fourth-order valence-corrected chi connectivity index (χ4v) is 2.57. The molecule has 1 atom stereocenters. The lowest BCUT2D eigenvalue weighted by Gasteiger charge is -2.12. The lowest BCUT2D eigenvalue weighted by Crippen LogP contribution is -2.31. The maximum Gasteiger partial charge on any atom is 0.412 e. The van der Waals surface area contributed by atoms with E-state index in [1.165, 1.54) is 0 Å². The van der Waals surface area contributed by atoms with Crippen LogP contribution in [0, 0.1) is 0 Å². The van der Waals surface area contributed by atoms with Crippen LogP contribution >= 0.6 is 0 Å². The molecule has 2 aromatic carbocycles. The highest BCUT2D eigenvalue weighted by molar-refractivity contribution is 5.89. The second-order valence-corrected chi connectivity index (χ2v) is 5.95. The molecule has 0 aliphatic heterocycles. The Balaban J connectivity index is 2.12. The van der Waals surface area contributed by atoms with Gasteiger partial charge >= 0.3 is 6.09 Å². The molecule has 0 fully saturated rings. The maximum atomic E-state index is 12.2. The molecule has 2 rings (SSSR count). The lowest BCUT2D eigenvalue weighted by molar-refractivity contribution is -0.120. The summed E-state index contributed by atoms with van der Waals surface area (Å²) < 4.78 is 5.21. The summed E-state index contributed by atoms with van der Waals surface area (Å²) in [6.45, 7) is 3.17. The molecule has 5 N–H and O–H groups in total. The number of ether oxygens (including phenoxy) is 1. The van der Waals surface area contributed by atoms with Gasteiger partial charge in [-0.1, -0.05) is 31.2 Å². The van der Waals surface area contributed by atoms with Crippen molar-refractivity contribution < 1.29 is 14.3 Å². The third-order valence-electron chi connectivity index (χ3n) is 4.07. The highest BCUT2D eigenvalue weighted by atomic mass is 16.6. The number of amides is 1. The Bertz CT molecular complexity index is 746. The summed E-state index contributed by atoms with van der Waals surface area (Å²) in [5, 5.41) is 4.48. The summed E-state index contributed by atoms with van der Waals surface area (Å²) in [5.74, 6) is 0.497. The normalized spacial score (nSPS) is 12.0. The molecule has 2 aromatic rings. The molecule has 0 aliphatic carbocycles. The molecule has 0 aliphatic rings. The number of hydrogen-bond acceptors (Lipinski definition) is 5. The zero-order valence-electron chi connectivity index (χ0n) is 14.5. The van der Waals surface area contributed by atoms with E-state index in [0.717, 1.165) is 16.3 Å². The monoisotopic (exact) mass is 343 g/mol. The second-order valence-electron chi connectivity index (χ2n) is 5.95. The number of carbonyl (C=O) groups is 2. The van der Waals surface area contributed by atoms with Gasteiger partial charge in [0.05, 0.1) is 0 Å². The minimum atomic E-state index is -0.527. The van der Waals surface area contributed by atoms with Gasteiger partial charge in [0.25, 0.3) is 0 Å². The summed E-state index contributed by atoms with van der Waals surface area (Å²) in [4.78, 5) is 23.7. The van der Waals surface area contributed by atoms with Crippen molar-refractivity contribution in [3.8, 4) is 5.75 Å². The van der Waals surface area contributed by atoms with E-state index in [1.807, 2.05) is 31.2 Å². The van der Waals surface area contributed by atoms with Crippen molar-refractivity contribution >= 4 is 22.6 Å². The van der Waals surface area contributed by atoms with Gasteiger partial charge in [0.1, 0.15) is 11.5 Å². The first-order chi connectivity index (χ1) is 12.0. The molecule has 6 nitrogen and oxygen atoms in total. The van der Waals surface area contributed by atoms with Gasteiger partial charge in [-0.15, -0.1) is 0 Å². The van der Waals surface area contributed by atoms with Crippen molar-refractivity contribution in [1.29, 1.82) is 0 Å². The number of Topliss-reactive ketones (excluding diaryl/α,β-unsaturated/α-hetero) is 1. The molecule has 0 spiro atoms. The zero-order chi connectivity index (χ0) is 18.2. The Hall–Kier alpha value is -2.44. The Morgan fingerprint density at radius 3 is 2.52 bits per heavy atom. The summed E-state index contributed by atoms with van der Waals surface area (Å²) in [7, 11) is 0. The van der Waals surface area contributed by atoms with E-state index in [9.17, 15) is 9.59 Å². The summed E-state index contributed by atoms with van der Waals surface area (Å²) in [5.41, 5.74) is 11.8. The fraction of sp³-hybridized carbons (Fsp3) is 0.368. The SMILES string of the molecule is C[C@@H](C(=O)CCCN)c1ccc2cc(OC(=O)NCCN)ccc2c1. The molecular weight excluding hydrogens is 318 g/mol. The van der Waals surface area contributed by atoms with Crippen LogP contribution in [0.25, 0.3) is 10.8 Å². The molecule has 6 heteroatoms. The highest BCUT2D eigenvalue weighted by Gasteiger charge is 2.15. The molecule has 0 radical (unpaired) electrons. The van der Waals surface area contributed by atoms with Gasteiger partial charge in [-0.05, 0) is 41.4 Å². The third kappa shape index (κ3) is 5.27. The molecule has 0 heterocycles. The molecule has 1 amide bonds. The minimum absolute atomic E-state index is 0.158. The van der Waals surface area contributed by atoms with Gasteiger partial charge in [-0.2, -0.15) is 0 Å². The van der Waals surface area contributed by atoms with Crippen LogP contribution in [0.5, 0.6) is 5.75 Å². The molecule has 134 valence electrons. The van der Waals surface area contributed by atoms with E-state index in [0.29, 0.717) is 38.2 Å². The largest absolute Gasteiger partial charge is 0.412 e. The molecule has 25 heavy (non-hydrogen) atoms.